The molecule has 0 aromatic carbocycles. The van der Waals surface area contributed by atoms with E-state index < -0.39 is 5.91 Å². The molecule has 3 atom stereocenters. The number of nitrogens with two attached hydrogens (primary N) is 1. The number of halogens is 1. The van der Waals surface area contributed by atoms with Gasteiger partial charge in [0.05, 0.1) is 16.9 Å². The number of rotatable bonds is 6. The molecule has 2 aromatic heterocycles. The van der Waals surface area contributed by atoms with Crippen LogP contribution in [0.25, 0.3) is 10.6 Å². The largest absolute Gasteiger partial charge is 0.364 e. The summed E-state index contributed by atoms with van der Waals surface area (Å²) in [5.41, 5.74) is 6.51. The summed E-state index contributed by atoms with van der Waals surface area (Å²) < 4.78 is 0. The van der Waals surface area contributed by atoms with Gasteiger partial charge in [0.2, 0.25) is 11.0 Å². The SMILES string of the molecule is C=C(Nc1cc(Cl)ncc1-c1nnc(N2C[C@H]3CC[C@@H](C2)[C@@H]3NC(C)=O)s1)C(N)=O. The molecule has 0 spiro atoms. The number of nitrogens with one attached hydrogen (secondary N) is 2. The third kappa shape index (κ3) is 4.10. The van der Waals surface area contributed by atoms with Gasteiger partial charge in [0.1, 0.15) is 5.15 Å². The van der Waals surface area contributed by atoms with Gasteiger partial charge in [-0.15, -0.1) is 10.2 Å². The van der Waals surface area contributed by atoms with Crippen molar-refractivity contribution in [2.75, 3.05) is 23.3 Å². The van der Waals surface area contributed by atoms with Crippen LogP contribution in [0.5, 0.6) is 0 Å². The van der Waals surface area contributed by atoms with Crippen molar-refractivity contribution >= 4 is 45.6 Å². The fourth-order valence-electron chi connectivity index (χ4n) is 4.23. The summed E-state index contributed by atoms with van der Waals surface area (Å²) in [4.78, 5) is 29.2. The van der Waals surface area contributed by atoms with E-state index in [0.29, 0.717) is 28.1 Å². The molecule has 4 N–H and O–H groups in total. The number of primary amides is 1. The molecule has 1 saturated heterocycles. The van der Waals surface area contributed by atoms with Crippen LogP contribution in [0.15, 0.2) is 24.5 Å². The topological polar surface area (TPSA) is 126 Å². The Bertz CT molecular complexity index is 997. The number of anilines is 2. The molecule has 0 unspecified atom stereocenters. The van der Waals surface area contributed by atoms with E-state index >= 15 is 0 Å². The maximum Gasteiger partial charge on any atom is 0.264 e. The van der Waals surface area contributed by atoms with Crippen LogP contribution in [0.2, 0.25) is 5.15 Å². The van der Waals surface area contributed by atoms with Gasteiger partial charge >= 0.3 is 0 Å². The molecule has 158 valence electrons. The van der Waals surface area contributed by atoms with Crippen LogP contribution in [0.3, 0.4) is 0 Å². The van der Waals surface area contributed by atoms with Crippen LogP contribution in [0.1, 0.15) is 19.8 Å². The van der Waals surface area contributed by atoms with E-state index in [1.807, 2.05) is 0 Å². The van der Waals surface area contributed by atoms with E-state index in [-0.39, 0.29) is 22.8 Å². The summed E-state index contributed by atoms with van der Waals surface area (Å²) in [6, 6.07) is 1.83. The van der Waals surface area contributed by atoms with Crippen LogP contribution in [-0.4, -0.2) is 46.1 Å². The van der Waals surface area contributed by atoms with E-state index in [1.165, 1.54) is 11.3 Å². The molecule has 4 rings (SSSR count). The standard InChI is InChI=1S/C19H22ClN7O2S/c1-9(17(21)29)23-14-5-15(20)22-6-13(14)18-25-26-19(30-18)27-7-11-3-4-12(8-27)16(11)24-10(2)28/h5-6,11-12,16H,1,3-4,7-8H2,2H3,(H2,21,29)(H,22,23)(H,24,28)/t11-,12+,16-. The summed E-state index contributed by atoms with van der Waals surface area (Å²) in [7, 11) is 0. The summed E-state index contributed by atoms with van der Waals surface area (Å²) >= 11 is 7.46. The van der Waals surface area contributed by atoms with E-state index in [2.05, 4.69) is 37.3 Å². The van der Waals surface area contributed by atoms with E-state index in [0.717, 1.165) is 31.1 Å². The molecular weight excluding hydrogens is 426 g/mol. The van der Waals surface area contributed by atoms with Crippen molar-refractivity contribution in [1.29, 1.82) is 0 Å². The average molecular weight is 448 g/mol. The number of hydrogen-bond acceptors (Lipinski definition) is 8. The van der Waals surface area contributed by atoms with Crippen LogP contribution in [-0.2, 0) is 9.59 Å². The average Bonchev–Trinajstić information content (AvgIpc) is 3.23. The Morgan fingerprint density at radius 2 is 2.00 bits per heavy atom. The lowest BCUT2D eigenvalue weighted by atomic mass is 9.92. The van der Waals surface area contributed by atoms with Crippen LogP contribution >= 0.6 is 22.9 Å². The molecule has 1 aliphatic heterocycles. The maximum absolute atomic E-state index is 11.5. The molecule has 2 fully saturated rings. The van der Waals surface area contributed by atoms with Gasteiger partial charge in [-0.1, -0.05) is 29.5 Å². The second-order valence-corrected chi connectivity index (χ2v) is 8.98. The van der Waals surface area contributed by atoms with Gasteiger partial charge in [0, 0.05) is 32.3 Å². The Morgan fingerprint density at radius 3 is 2.63 bits per heavy atom. The first-order valence-electron chi connectivity index (χ1n) is 9.59. The van der Waals surface area contributed by atoms with E-state index in [9.17, 15) is 9.59 Å². The van der Waals surface area contributed by atoms with Crippen molar-refractivity contribution in [1.82, 2.24) is 20.5 Å². The minimum absolute atomic E-state index is 0.0244. The predicted molar refractivity (Wildman–Crippen MR) is 116 cm³/mol. The Kier molecular flexibility index (Phi) is 5.61. The minimum Gasteiger partial charge on any atom is -0.364 e. The number of nitrogens with zero attached hydrogens (tertiary/aromatic N) is 4. The van der Waals surface area contributed by atoms with Crippen LogP contribution in [0, 0.1) is 11.8 Å². The van der Waals surface area contributed by atoms with Crippen LogP contribution in [0.4, 0.5) is 10.8 Å². The Labute approximate surface area is 182 Å². The second kappa shape index (κ2) is 8.19. The molecule has 1 aliphatic carbocycles. The molecule has 2 bridgehead atoms. The monoisotopic (exact) mass is 447 g/mol. The molecule has 30 heavy (non-hydrogen) atoms. The molecular formula is C19H22ClN7O2S. The van der Waals surface area contributed by atoms with Crippen molar-refractivity contribution in [3.8, 4) is 10.6 Å². The van der Waals surface area contributed by atoms with Gasteiger partial charge in [-0.25, -0.2) is 4.98 Å². The Balaban J connectivity index is 1.55. The number of piperidine rings is 1. The smallest absolute Gasteiger partial charge is 0.264 e. The van der Waals surface area contributed by atoms with Crippen molar-refractivity contribution in [3.63, 3.8) is 0 Å². The zero-order valence-corrected chi connectivity index (χ0v) is 18.0. The van der Waals surface area contributed by atoms with Gasteiger partial charge in [-0.05, 0) is 30.7 Å². The van der Waals surface area contributed by atoms with Crippen molar-refractivity contribution in [3.05, 3.63) is 29.7 Å². The molecule has 0 radical (unpaired) electrons. The highest BCUT2D eigenvalue weighted by Gasteiger charge is 2.43. The molecule has 2 amide bonds. The highest BCUT2D eigenvalue weighted by Crippen LogP contribution is 2.41. The minimum atomic E-state index is -0.663. The second-order valence-electron chi connectivity index (χ2n) is 7.64. The maximum atomic E-state index is 11.5. The predicted octanol–water partition coefficient (Wildman–Crippen LogP) is 2.02. The lowest BCUT2D eigenvalue weighted by molar-refractivity contribution is -0.120. The Hall–Kier alpha value is -2.72. The van der Waals surface area contributed by atoms with Gasteiger partial charge in [0.15, 0.2) is 5.01 Å². The normalized spacial score (nSPS) is 22.6. The van der Waals surface area contributed by atoms with Crippen molar-refractivity contribution in [2.24, 2.45) is 17.6 Å². The first-order valence-corrected chi connectivity index (χ1v) is 10.8. The third-order valence-electron chi connectivity index (χ3n) is 5.57. The first-order chi connectivity index (χ1) is 14.3. The fourth-order valence-corrected chi connectivity index (χ4v) is 5.27. The lowest BCUT2D eigenvalue weighted by Crippen LogP contribution is -2.52. The Morgan fingerprint density at radius 1 is 1.30 bits per heavy atom. The number of fused-ring (bicyclic) bond motifs is 2. The lowest BCUT2D eigenvalue weighted by Gasteiger charge is -2.37. The first kappa shape index (κ1) is 20.5. The summed E-state index contributed by atoms with van der Waals surface area (Å²) in [6.45, 7) is 6.86. The highest BCUT2D eigenvalue weighted by molar-refractivity contribution is 7.18. The van der Waals surface area contributed by atoms with Gasteiger partial charge < -0.3 is 21.3 Å². The molecule has 2 aliphatic rings. The zero-order valence-electron chi connectivity index (χ0n) is 16.4. The fraction of sp³-hybridized carbons (Fsp3) is 0.421. The number of carbonyl (C=O) groups is 2. The third-order valence-corrected chi connectivity index (χ3v) is 6.80. The molecule has 9 nitrogen and oxygen atoms in total. The van der Waals surface area contributed by atoms with Gasteiger partial charge in [-0.2, -0.15) is 0 Å². The van der Waals surface area contributed by atoms with Gasteiger partial charge in [-0.3, -0.25) is 9.59 Å². The zero-order chi connectivity index (χ0) is 21.4. The number of aromatic nitrogens is 3. The summed E-state index contributed by atoms with van der Waals surface area (Å²) in [5, 5.41) is 16.4. The number of pyridine rings is 1. The van der Waals surface area contributed by atoms with Crippen molar-refractivity contribution < 1.29 is 9.59 Å². The molecule has 1 saturated carbocycles. The molecule has 11 heteroatoms. The number of hydrogen-bond donors (Lipinski definition) is 3. The van der Waals surface area contributed by atoms with E-state index in [4.69, 9.17) is 17.3 Å². The van der Waals surface area contributed by atoms with Crippen LogP contribution < -0.4 is 21.3 Å². The summed E-state index contributed by atoms with van der Waals surface area (Å²) in [6.07, 6.45) is 3.78. The highest BCUT2D eigenvalue weighted by atomic mass is 35.5. The summed E-state index contributed by atoms with van der Waals surface area (Å²) in [5.74, 6) is 0.183. The van der Waals surface area contributed by atoms with Crippen molar-refractivity contribution in [2.45, 2.75) is 25.8 Å². The quantitative estimate of drug-likeness (QED) is 0.456. The molecule has 2 aromatic rings. The van der Waals surface area contributed by atoms with Gasteiger partial charge in [0.25, 0.3) is 5.91 Å². The number of amides is 2. The number of carbonyl (C=O) groups excluding carboxylic acids is 2. The van der Waals surface area contributed by atoms with E-state index in [1.54, 1.807) is 19.2 Å². The molecule has 3 heterocycles.